The van der Waals surface area contributed by atoms with Crippen molar-refractivity contribution >= 4 is 11.8 Å². The maximum Gasteiger partial charge on any atom is 0.227 e. The summed E-state index contributed by atoms with van der Waals surface area (Å²) in [6.07, 6.45) is 3.40. The summed E-state index contributed by atoms with van der Waals surface area (Å²) < 4.78 is 10.8. The van der Waals surface area contributed by atoms with Crippen LogP contribution >= 0.6 is 0 Å². The van der Waals surface area contributed by atoms with Crippen molar-refractivity contribution in [3.63, 3.8) is 0 Å². The molecule has 0 unspecified atom stereocenters. The summed E-state index contributed by atoms with van der Waals surface area (Å²) in [5.41, 5.74) is 3.81. The van der Waals surface area contributed by atoms with Crippen molar-refractivity contribution in [2.75, 3.05) is 70.0 Å². The van der Waals surface area contributed by atoms with Crippen LogP contribution in [0, 0.1) is 0 Å². The van der Waals surface area contributed by atoms with Gasteiger partial charge in [0.2, 0.25) is 5.95 Å². The summed E-state index contributed by atoms with van der Waals surface area (Å²) >= 11 is 0. The van der Waals surface area contributed by atoms with E-state index in [0.29, 0.717) is 13.2 Å². The van der Waals surface area contributed by atoms with Crippen LogP contribution in [0.4, 0.5) is 11.8 Å². The average molecular weight is 426 g/mol. The Balaban J connectivity index is 1.64. The van der Waals surface area contributed by atoms with Gasteiger partial charge in [0.15, 0.2) is 0 Å². The van der Waals surface area contributed by atoms with E-state index in [9.17, 15) is 0 Å². The highest BCUT2D eigenvalue weighted by Gasteiger charge is 2.27. The smallest absolute Gasteiger partial charge is 0.227 e. The van der Waals surface area contributed by atoms with Gasteiger partial charge < -0.3 is 19.3 Å². The van der Waals surface area contributed by atoms with E-state index in [2.05, 4.69) is 45.0 Å². The lowest BCUT2D eigenvalue weighted by Gasteiger charge is -2.34. The number of benzene rings is 1. The fourth-order valence-corrected chi connectivity index (χ4v) is 4.46. The van der Waals surface area contributed by atoms with Crippen molar-refractivity contribution < 1.29 is 9.47 Å². The number of hydrogen-bond donors (Lipinski definition) is 0. The Hall–Kier alpha value is -2.22. The molecule has 0 radical (unpaired) electrons. The number of ether oxygens (including phenoxy) is 2. The summed E-state index contributed by atoms with van der Waals surface area (Å²) in [4.78, 5) is 17.3. The molecular weight excluding hydrogens is 390 g/mol. The van der Waals surface area contributed by atoms with Gasteiger partial charge in [-0.05, 0) is 18.4 Å². The predicted octanol–water partition coefficient (Wildman–Crippen LogP) is 2.73. The van der Waals surface area contributed by atoms with Crippen molar-refractivity contribution in [2.45, 2.75) is 32.4 Å². The summed E-state index contributed by atoms with van der Waals surface area (Å²) in [7, 11) is 3.50. The zero-order chi connectivity index (χ0) is 21.5. The van der Waals surface area contributed by atoms with E-state index < -0.39 is 0 Å². The Morgan fingerprint density at radius 3 is 2.32 bits per heavy atom. The minimum Gasteiger partial charge on any atom is -0.383 e. The molecule has 7 nitrogen and oxygen atoms in total. The number of aromatic nitrogens is 2. The highest BCUT2D eigenvalue weighted by atomic mass is 16.5. The van der Waals surface area contributed by atoms with Gasteiger partial charge in [-0.15, -0.1) is 0 Å². The van der Waals surface area contributed by atoms with Crippen LogP contribution in [0.2, 0.25) is 0 Å². The molecule has 0 bridgehead atoms. The zero-order valence-corrected chi connectivity index (χ0v) is 18.9. The normalized spacial score (nSPS) is 16.5. The molecule has 0 amide bonds. The van der Waals surface area contributed by atoms with E-state index in [1.54, 1.807) is 14.2 Å². The third kappa shape index (κ3) is 5.53. The van der Waals surface area contributed by atoms with Gasteiger partial charge in [-0.3, -0.25) is 4.90 Å². The van der Waals surface area contributed by atoms with Crippen LogP contribution in [0.1, 0.15) is 29.7 Å². The first-order chi connectivity index (χ1) is 15.3. The summed E-state index contributed by atoms with van der Waals surface area (Å²) in [5, 5.41) is 0. The van der Waals surface area contributed by atoms with Crippen LogP contribution in [0.3, 0.4) is 0 Å². The highest BCUT2D eigenvalue weighted by molar-refractivity contribution is 5.54. The van der Waals surface area contributed by atoms with Crippen molar-refractivity contribution in [1.82, 2.24) is 14.9 Å². The van der Waals surface area contributed by atoms with Gasteiger partial charge in [-0.25, -0.2) is 4.98 Å². The molecular formula is C24H35N5O2. The molecule has 0 saturated carbocycles. The standard InChI is InChI=1S/C24H35N5O2/c1-30-16-14-28(15-17-31-2)23-21-19-27(18-20-8-4-3-5-9-20)13-10-22(21)25-24(26-23)29-11-6-7-12-29/h3-5,8-9H,6-7,10-19H2,1-2H3. The van der Waals surface area contributed by atoms with Gasteiger partial charge in [0.25, 0.3) is 0 Å². The van der Waals surface area contributed by atoms with Gasteiger partial charge in [0.1, 0.15) is 5.82 Å². The summed E-state index contributed by atoms with van der Waals surface area (Å²) in [6, 6.07) is 10.7. The lowest BCUT2D eigenvalue weighted by atomic mass is 10.0. The van der Waals surface area contributed by atoms with E-state index in [0.717, 1.165) is 64.0 Å². The fraction of sp³-hybridized carbons (Fsp3) is 0.583. The second-order valence-electron chi connectivity index (χ2n) is 8.39. The third-order valence-electron chi connectivity index (χ3n) is 6.17. The SMILES string of the molecule is COCCN(CCOC)c1nc(N2CCCC2)nc2c1CN(Cc1ccccc1)CC2. The summed E-state index contributed by atoms with van der Waals surface area (Å²) in [5.74, 6) is 1.95. The molecule has 1 aromatic heterocycles. The Labute approximate surface area is 186 Å². The average Bonchev–Trinajstić information content (AvgIpc) is 3.34. The Bertz CT molecular complexity index is 818. The zero-order valence-electron chi connectivity index (χ0n) is 18.9. The minimum atomic E-state index is 0.662. The molecule has 3 heterocycles. The third-order valence-corrected chi connectivity index (χ3v) is 6.17. The molecule has 1 fully saturated rings. The largest absolute Gasteiger partial charge is 0.383 e. The monoisotopic (exact) mass is 425 g/mol. The number of rotatable bonds is 10. The van der Waals surface area contributed by atoms with Crippen LogP contribution in [-0.4, -0.2) is 75.0 Å². The molecule has 0 spiro atoms. The van der Waals surface area contributed by atoms with Crippen LogP contribution in [-0.2, 0) is 29.0 Å². The van der Waals surface area contributed by atoms with Crippen LogP contribution in [0.5, 0.6) is 0 Å². The molecule has 1 saturated heterocycles. The number of nitrogens with zero attached hydrogens (tertiary/aromatic N) is 5. The molecule has 0 N–H and O–H groups in total. The number of fused-ring (bicyclic) bond motifs is 1. The first-order valence-corrected chi connectivity index (χ1v) is 11.4. The topological polar surface area (TPSA) is 54.0 Å². The second-order valence-corrected chi connectivity index (χ2v) is 8.39. The predicted molar refractivity (Wildman–Crippen MR) is 124 cm³/mol. The molecule has 31 heavy (non-hydrogen) atoms. The highest BCUT2D eigenvalue weighted by Crippen LogP contribution is 2.30. The molecule has 2 aliphatic rings. The quantitative estimate of drug-likeness (QED) is 0.580. The minimum absolute atomic E-state index is 0.662. The van der Waals surface area contributed by atoms with Gasteiger partial charge >= 0.3 is 0 Å². The van der Waals surface area contributed by atoms with Gasteiger partial charge in [-0.1, -0.05) is 30.3 Å². The molecule has 4 rings (SSSR count). The van der Waals surface area contributed by atoms with Crippen molar-refractivity contribution in [2.24, 2.45) is 0 Å². The number of hydrogen-bond acceptors (Lipinski definition) is 7. The maximum atomic E-state index is 5.40. The molecule has 168 valence electrons. The van der Waals surface area contributed by atoms with Crippen LogP contribution in [0.25, 0.3) is 0 Å². The first kappa shape index (κ1) is 22.0. The number of anilines is 2. The summed E-state index contributed by atoms with van der Waals surface area (Å²) in [6.45, 7) is 7.85. The Morgan fingerprint density at radius 2 is 1.65 bits per heavy atom. The first-order valence-electron chi connectivity index (χ1n) is 11.4. The van der Waals surface area contributed by atoms with Gasteiger partial charge in [0, 0.05) is 72.0 Å². The molecule has 2 aromatic rings. The van der Waals surface area contributed by atoms with E-state index in [1.165, 1.54) is 29.7 Å². The molecule has 1 aromatic carbocycles. The number of methoxy groups -OCH3 is 2. The molecule has 2 aliphatic heterocycles. The van der Waals surface area contributed by atoms with Gasteiger partial charge in [0.05, 0.1) is 18.9 Å². The Morgan fingerprint density at radius 1 is 0.935 bits per heavy atom. The van der Waals surface area contributed by atoms with Crippen LogP contribution < -0.4 is 9.80 Å². The molecule has 0 aliphatic carbocycles. The Kier molecular flexibility index (Phi) is 7.72. The van der Waals surface area contributed by atoms with E-state index in [4.69, 9.17) is 19.4 Å². The second kappa shape index (κ2) is 10.9. The van der Waals surface area contributed by atoms with Crippen molar-refractivity contribution in [3.8, 4) is 0 Å². The van der Waals surface area contributed by atoms with E-state index in [-0.39, 0.29) is 0 Å². The van der Waals surface area contributed by atoms with E-state index in [1.807, 2.05) is 0 Å². The maximum absolute atomic E-state index is 5.40. The van der Waals surface area contributed by atoms with E-state index >= 15 is 0 Å². The van der Waals surface area contributed by atoms with Crippen molar-refractivity contribution in [1.29, 1.82) is 0 Å². The lowest BCUT2D eigenvalue weighted by Crippen LogP contribution is -2.37. The lowest BCUT2D eigenvalue weighted by molar-refractivity contribution is 0.189. The molecule has 0 atom stereocenters. The van der Waals surface area contributed by atoms with Crippen molar-refractivity contribution in [3.05, 3.63) is 47.2 Å². The van der Waals surface area contributed by atoms with Crippen LogP contribution in [0.15, 0.2) is 30.3 Å². The van der Waals surface area contributed by atoms with Gasteiger partial charge in [-0.2, -0.15) is 4.98 Å². The molecule has 7 heteroatoms. The fourth-order valence-electron chi connectivity index (χ4n) is 4.46.